The molecule has 0 spiro atoms. The van der Waals surface area contributed by atoms with E-state index in [0.717, 1.165) is 59.2 Å². The summed E-state index contributed by atoms with van der Waals surface area (Å²) in [6, 6.07) is 28.5. The van der Waals surface area contributed by atoms with Crippen LogP contribution in [-0.4, -0.2) is 32.4 Å². The molecule has 56 heavy (non-hydrogen) atoms. The average Bonchev–Trinajstić information content (AvgIpc) is 3.04. The van der Waals surface area contributed by atoms with Crippen molar-refractivity contribution in [3.05, 3.63) is 95.1 Å². The van der Waals surface area contributed by atoms with Crippen LogP contribution in [0.25, 0.3) is 44.3 Å². The van der Waals surface area contributed by atoms with Gasteiger partial charge in [-0.15, -0.1) is 34.9 Å². The summed E-state index contributed by atoms with van der Waals surface area (Å²) in [6.45, 7) is 30.2. The van der Waals surface area contributed by atoms with Crippen LogP contribution in [0.2, 0.25) is 0 Å². The van der Waals surface area contributed by atoms with Crippen molar-refractivity contribution in [1.82, 2.24) is 9.97 Å². The smallest absolute Gasteiger partial charge is 0.0881 e. The number of nitrogens with zero attached hydrogens (tertiary/aromatic N) is 2. The van der Waals surface area contributed by atoms with Crippen molar-refractivity contribution in [2.24, 2.45) is 34.5 Å². The van der Waals surface area contributed by atoms with Crippen LogP contribution in [0.1, 0.15) is 126 Å². The first-order valence-corrected chi connectivity index (χ1v) is 20.8. The number of fused-ring (bicyclic) bond motifs is 2. The van der Waals surface area contributed by atoms with E-state index in [1.807, 2.05) is 41.5 Å². The second kappa shape index (κ2) is 20.1. The zero-order chi connectivity index (χ0) is 40.8. The average molecular weight is 936 g/mol. The molecule has 0 fully saturated rings. The van der Waals surface area contributed by atoms with Gasteiger partial charge < -0.3 is 10.2 Å². The first kappa shape index (κ1) is 47.4. The molecule has 1 radical (unpaired) electrons. The molecule has 0 amide bonds. The molecule has 0 saturated carbocycles. The minimum Gasteiger partial charge on any atom is -0.392 e. The Morgan fingerprint density at radius 1 is 0.536 bits per heavy atom. The Kier molecular flexibility index (Phi) is 17.1. The van der Waals surface area contributed by atoms with Gasteiger partial charge in [0.15, 0.2) is 0 Å². The maximum absolute atomic E-state index is 9.76. The third-order valence-electron chi connectivity index (χ3n) is 10.1. The van der Waals surface area contributed by atoms with E-state index in [1.54, 1.807) is 0 Å². The van der Waals surface area contributed by atoms with Crippen LogP contribution >= 0.6 is 0 Å². The van der Waals surface area contributed by atoms with Crippen molar-refractivity contribution in [3.8, 4) is 22.5 Å². The first-order valence-electron chi connectivity index (χ1n) is 20.8. The molecule has 0 saturated heterocycles. The van der Waals surface area contributed by atoms with Crippen LogP contribution in [0.5, 0.6) is 0 Å². The first-order chi connectivity index (χ1) is 25.6. The van der Waals surface area contributed by atoms with E-state index in [-0.39, 0.29) is 30.9 Å². The Balaban J connectivity index is 0.000000517. The van der Waals surface area contributed by atoms with Gasteiger partial charge in [-0.2, -0.15) is 0 Å². The molecule has 0 bridgehead atoms. The van der Waals surface area contributed by atoms with Crippen molar-refractivity contribution in [3.63, 3.8) is 0 Å². The predicted molar refractivity (Wildman–Crippen MR) is 236 cm³/mol. The summed E-state index contributed by atoms with van der Waals surface area (Å²) in [5.74, 6) is 2.30. The van der Waals surface area contributed by atoms with E-state index < -0.39 is 12.2 Å². The molecule has 2 N–H and O–H groups in total. The number of benzene rings is 4. The molecule has 2 atom stereocenters. The molecule has 307 valence electrons. The van der Waals surface area contributed by atoms with Crippen LogP contribution in [0.3, 0.4) is 0 Å². The predicted octanol–water partition coefficient (Wildman–Crippen LogP) is 12.9. The number of aliphatic hydroxyl groups excluding tert-OH is 2. The summed E-state index contributed by atoms with van der Waals surface area (Å²) >= 11 is 0. The van der Waals surface area contributed by atoms with Crippen LogP contribution in [0.15, 0.2) is 66.7 Å². The minimum atomic E-state index is -0.443. The molecule has 0 aliphatic heterocycles. The zero-order valence-corrected chi connectivity index (χ0v) is 39.4. The quantitative estimate of drug-likeness (QED) is 0.0966. The third kappa shape index (κ3) is 13.9. The van der Waals surface area contributed by atoms with Crippen molar-refractivity contribution < 1.29 is 30.3 Å². The zero-order valence-electron chi connectivity index (χ0n) is 37.0. The molecule has 0 aliphatic carbocycles. The Morgan fingerprint density at radius 3 is 1.36 bits per heavy atom. The minimum absolute atomic E-state index is 0. The Labute approximate surface area is 353 Å². The van der Waals surface area contributed by atoms with Crippen LogP contribution in [0, 0.1) is 40.6 Å². The largest absolute Gasteiger partial charge is 0.392 e. The molecule has 2 unspecified atom stereocenters. The monoisotopic (exact) mass is 937 g/mol. The third-order valence-corrected chi connectivity index (χ3v) is 10.1. The number of hydrogen-bond donors (Lipinski definition) is 2. The van der Waals surface area contributed by atoms with E-state index in [9.17, 15) is 10.2 Å². The van der Waals surface area contributed by atoms with Gasteiger partial charge in [-0.25, -0.2) is 0 Å². The van der Waals surface area contributed by atoms with Crippen molar-refractivity contribution in [1.29, 1.82) is 0 Å². The van der Waals surface area contributed by atoms with E-state index in [1.165, 1.54) is 33.0 Å². The van der Waals surface area contributed by atoms with Crippen molar-refractivity contribution in [2.45, 2.75) is 141 Å². The Hall–Kier alpha value is -2.95. The molecule has 5 aromatic rings. The van der Waals surface area contributed by atoms with Gasteiger partial charge in [0.1, 0.15) is 0 Å². The fourth-order valence-corrected chi connectivity index (χ4v) is 7.09. The van der Waals surface area contributed by atoms with Gasteiger partial charge in [-0.05, 0) is 99.8 Å². The van der Waals surface area contributed by atoms with Gasteiger partial charge in [-0.3, -0.25) is 9.97 Å². The molecule has 1 heterocycles. The summed E-state index contributed by atoms with van der Waals surface area (Å²) in [7, 11) is 0. The van der Waals surface area contributed by atoms with Gasteiger partial charge in [-0.1, -0.05) is 139 Å². The van der Waals surface area contributed by atoms with Crippen molar-refractivity contribution >= 4 is 21.8 Å². The second-order valence-electron chi connectivity index (χ2n) is 20.0. The molecule has 1 aromatic heterocycles. The van der Waals surface area contributed by atoms with E-state index in [4.69, 9.17) is 9.97 Å². The van der Waals surface area contributed by atoms with Crippen LogP contribution in [-0.2, 0) is 45.8 Å². The fraction of sp³-hybridized carbons (Fsp3) is 0.529. The van der Waals surface area contributed by atoms with Gasteiger partial charge in [0.25, 0.3) is 0 Å². The maximum Gasteiger partial charge on any atom is 0.0881 e. The summed E-state index contributed by atoms with van der Waals surface area (Å²) in [5, 5.41) is 21.9. The van der Waals surface area contributed by atoms with Crippen LogP contribution in [0.4, 0.5) is 0 Å². The fourth-order valence-electron chi connectivity index (χ4n) is 7.09. The summed E-state index contributed by atoms with van der Waals surface area (Å²) < 4.78 is 0. The second-order valence-corrected chi connectivity index (χ2v) is 20.0. The number of rotatable bonds is 12. The SMILES string of the molecule is CC(C)(C)C(O)CC(O)C(C)(C)C.CC(C)Cc1[c-]c(-c2nc3cc4ccccc4cc3nc2-c2cc(CC(C)C)cc(CC(C)C)c2)cc(CC(C)C)c1.[Ir]. The molecular weight excluding hydrogens is 865 g/mol. The molecule has 4 aromatic carbocycles. The van der Waals surface area contributed by atoms with Gasteiger partial charge in [0.05, 0.1) is 28.9 Å². The summed E-state index contributed by atoms with van der Waals surface area (Å²) in [4.78, 5) is 10.8. The maximum atomic E-state index is 9.76. The molecular formula is C51H71IrN2O2-. The number of aliphatic hydroxyl groups is 2. The van der Waals surface area contributed by atoms with E-state index >= 15 is 0 Å². The van der Waals surface area contributed by atoms with Gasteiger partial charge >= 0.3 is 0 Å². The van der Waals surface area contributed by atoms with Gasteiger partial charge in [0.2, 0.25) is 0 Å². The number of hydrogen-bond acceptors (Lipinski definition) is 4. The van der Waals surface area contributed by atoms with E-state index in [0.29, 0.717) is 30.1 Å². The summed E-state index contributed by atoms with van der Waals surface area (Å²) in [6.07, 6.45) is 3.71. The Bertz CT molecular complexity index is 1820. The Morgan fingerprint density at radius 2 is 0.946 bits per heavy atom. The number of aromatic nitrogens is 2. The van der Waals surface area contributed by atoms with Gasteiger partial charge in [0, 0.05) is 32.2 Å². The normalized spacial score (nSPS) is 13.4. The standard InChI is InChI=1S/C40H47N2.C11H24O2.Ir/c1-25(2)13-29-17-30(14-26(3)4)20-35(19-29)39-40(36-21-31(15-27(5)6)18-32(22-36)16-28(7)8)42-38-24-34-12-10-9-11-33(34)23-37(38)41-39;1-10(2,3)8(12)7-9(13)11(4,5)6;/h9-12,17-21,23-28H,13-16H2,1-8H3;8-9,12-13H,7H2,1-6H3;/q-1;;. The van der Waals surface area contributed by atoms with Crippen molar-refractivity contribution in [2.75, 3.05) is 0 Å². The van der Waals surface area contributed by atoms with Crippen LogP contribution < -0.4 is 0 Å². The molecule has 5 heteroatoms. The molecule has 5 rings (SSSR count). The topological polar surface area (TPSA) is 66.2 Å². The van der Waals surface area contributed by atoms with E-state index in [2.05, 4.69) is 128 Å². The summed E-state index contributed by atoms with van der Waals surface area (Å²) in [5.41, 5.74) is 11.1. The molecule has 4 nitrogen and oxygen atoms in total. The molecule has 0 aliphatic rings.